The summed E-state index contributed by atoms with van der Waals surface area (Å²) in [6, 6.07) is 15.9. The number of anilines is 1. The van der Waals surface area contributed by atoms with Crippen LogP contribution in [-0.4, -0.2) is 25.0 Å². The van der Waals surface area contributed by atoms with Crippen LogP contribution >= 0.6 is 11.3 Å². The fourth-order valence-corrected chi connectivity index (χ4v) is 4.56. The number of hydrogen-bond acceptors (Lipinski definition) is 6. The van der Waals surface area contributed by atoms with E-state index in [0.29, 0.717) is 11.4 Å². The van der Waals surface area contributed by atoms with E-state index in [4.69, 9.17) is 0 Å². The molecule has 0 aliphatic carbocycles. The number of aromatic nitrogens is 1. The Kier molecular flexibility index (Phi) is 6.09. The molecule has 0 aliphatic heterocycles. The van der Waals surface area contributed by atoms with Crippen molar-refractivity contribution in [3.63, 3.8) is 0 Å². The lowest BCUT2D eigenvalue weighted by molar-refractivity contribution is 0.0958. The first-order valence-corrected chi connectivity index (χ1v) is 11.0. The first kappa shape index (κ1) is 20.7. The molecule has 7 nitrogen and oxygen atoms in total. The van der Waals surface area contributed by atoms with E-state index in [1.54, 1.807) is 26.0 Å². The van der Waals surface area contributed by atoms with E-state index in [-0.39, 0.29) is 14.9 Å². The van der Waals surface area contributed by atoms with Crippen molar-refractivity contribution < 1.29 is 13.2 Å². The number of rotatable bonds is 6. The standard InChI is InChI=1S/C20H20N4O3S2/c1-13-9-11-17(12-10-13)29(26,27)24-20-21-15(3)18(28-20)19(25)23-22-14(2)16-7-5-4-6-8-16/h4-12H,1-3H3,(H,21,24)(H,23,25)/b22-14+. The number of aryl methyl sites for hydroxylation is 2. The summed E-state index contributed by atoms with van der Waals surface area (Å²) in [6.07, 6.45) is 0. The highest BCUT2D eigenvalue weighted by atomic mass is 32.2. The number of benzene rings is 2. The van der Waals surface area contributed by atoms with Gasteiger partial charge in [-0.2, -0.15) is 5.10 Å². The third-order valence-corrected chi connectivity index (χ3v) is 6.63. The molecule has 2 N–H and O–H groups in total. The summed E-state index contributed by atoms with van der Waals surface area (Å²) in [5.41, 5.74) is 5.41. The SMILES string of the molecule is C/C(=N\NC(=O)c1sc(NS(=O)(=O)c2ccc(C)cc2)nc1C)c1ccccc1. The molecule has 0 fully saturated rings. The molecule has 0 spiro atoms. The van der Waals surface area contributed by atoms with Crippen LogP contribution in [0.1, 0.15) is 33.4 Å². The van der Waals surface area contributed by atoms with Crippen molar-refractivity contribution in [1.29, 1.82) is 0 Å². The summed E-state index contributed by atoms with van der Waals surface area (Å²) in [5.74, 6) is -0.448. The predicted octanol–water partition coefficient (Wildman–Crippen LogP) is 3.71. The van der Waals surface area contributed by atoms with Crippen molar-refractivity contribution in [2.24, 2.45) is 5.10 Å². The van der Waals surface area contributed by atoms with E-state index in [1.807, 2.05) is 37.3 Å². The summed E-state index contributed by atoms with van der Waals surface area (Å²) in [5, 5.41) is 4.23. The molecule has 0 saturated carbocycles. The lowest BCUT2D eigenvalue weighted by Gasteiger charge is -2.05. The zero-order valence-corrected chi connectivity index (χ0v) is 17.8. The molecule has 29 heavy (non-hydrogen) atoms. The number of hydrazone groups is 1. The molecule has 0 radical (unpaired) electrons. The fraction of sp³-hybridized carbons (Fsp3) is 0.150. The maximum absolute atomic E-state index is 12.5. The lowest BCUT2D eigenvalue weighted by atomic mass is 10.1. The van der Waals surface area contributed by atoms with Crippen molar-refractivity contribution in [3.8, 4) is 0 Å². The van der Waals surface area contributed by atoms with Gasteiger partial charge in [-0.15, -0.1) is 0 Å². The van der Waals surface area contributed by atoms with Crippen LogP contribution in [-0.2, 0) is 10.0 Å². The van der Waals surface area contributed by atoms with Crippen LogP contribution in [0.25, 0.3) is 0 Å². The van der Waals surface area contributed by atoms with Gasteiger partial charge < -0.3 is 0 Å². The van der Waals surface area contributed by atoms with Crippen LogP contribution < -0.4 is 10.1 Å². The summed E-state index contributed by atoms with van der Waals surface area (Å²) >= 11 is 0.957. The molecule has 3 aromatic rings. The maximum atomic E-state index is 12.5. The predicted molar refractivity (Wildman–Crippen MR) is 115 cm³/mol. The molecule has 0 aliphatic rings. The Morgan fingerprint density at radius 3 is 2.34 bits per heavy atom. The first-order chi connectivity index (χ1) is 13.8. The van der Waals surface area contributed by atoms with Gasteiger partial charge in [-0.25, -0.2) is 18.8 Å². The molecule has 3 rings (SSSR count). The van der Waals surface area contributed by atoms with Crippen LogP contribution in [0.5, 0.6) is 0 Å². The van der Waals surface area contributed by atoms with Crippen molar-refractivity contribution in [2.45, 2.75) is 25.7 Å². The number of nitrogens with one attached hydrogen (secondary N) is 2. The molecular weight excluding hydrogens is 408 g/mol. The quantitative estimate of drug-likeness (QED) is 0.462. The van der Waals surface area contributed by atoms with E-state index in [1.165, 1.54) is 12.1 Å². The van der Waals surface area contributed by atoms with E-state index in [9.17, 15) is 13.2 Å². The highest BCUT2D eigenvalue weighted by molar-refractivity contribution is 7.93. The van der Waals surface area contributed by atoms with Gasteiger partial charge in [0, 0.05) is 0 Å². The van der Waals surface area contributed by atoms with Gasteiger partial charge in [0.05, 0.1) is 16.3 Å². The lowest BCUT2D eigenvalue weighted by Crippen LogP contribution is -2.19. The minimum absolute atomic E-state index is 0.122. The number of sulfonamides is 1. The maximum Gasteiger partial charge on any atom is 0.283 e. The Morgan fingerprint density at radius 2 is 1.69 bits per heavy atom. The second-order valence-electron chi connectivity index (χ2n) is 6.36. The Balaban J connectivity index is 1.74. The topological polar surface area (TPSA) is 101 Å². The smallest absolute Gasteiger partial charge is 0.266 e. The van der Waals surface area contributed by atoms with Gasteiger partial charge in [0.15, 0.2) is 5.13 Å². The molecular formula is C20H20N4O3S2. The molecule has 1 heterocycles. The molecule has 1 amide bonds. The van der Waals surface area contributed by atoms with Crippen LogP contribution in [0, 0.1) is 13.8 Å². The van der Waals surface area contributed by atoms with Gasteiger partial charge in [-0.1, -0.05) is 59.4 Å². The molecule has 2 aromatic carbocycles. The van der Waals surface area contributed by atoms with E-state index in [0.717, 1.165) is 22.5 Å². The minimum Gasteiger partial charge on any atom is -0.266 e. The molecule has 1 aromatic heterocycles. The second-order valence-corrected chi connectivity index (χ2v) is 9.04. The average molecular weight is 429 g/mol. The summed E-state index contributed by atoms with van der Waals surface area (Å²) in [6.45, 7) is 5.31. The Labute approximate surface area is 173 Å². The third kappa shape index (κ3) is 5.07. The largest absolute Gasteiger partial charge is 0.283 e. The van der Waals surface area contributed by atoms with Gasteiger partial charge >= 0.3 is 0 Å². The molecule has 0 bridgehead atoms. The van der Waals surface area contributed by atoms with E-state index < -0.39 is 15.9 Å². The summed E-state index contributed by atoms with van der Waals surface area (Å²) < 4.78 is 27.4. The Bertz CT molecular complexity index is 1150. The number of thiazole rings is 1. The number of hydrogen-bond donors (Lipinski definition) is 2. The molecule has 0 unspecified atom stereocenters. The van der Waals surface area contributed by atoms with Crippen LogP contribution in [0.2, 0.25) is 0 Å². The number of nitrogens with zero attached hydrogens (tertiary/aromatic N) is 2. The third-order valence-electron chi connectivity index (χ3n) is 4.07. The van der Waals surface area contributed by atoms with Gasteiger partial charge in [0.1, 0.15) is 4.88 Å². The number of carbonyl (C=O) groups excluding carboxylic acids is 1. The molecule has 0 saturated heterocycles. The van der Waals surface area contributed by atoms with E-state index >= 15 is 0 Å². The van der Waals surface area contributed by atoms with Crippen LogP contribution in [0.4, 0.5) is 5.13 Å². The number of carbonyl (C=O) groups is 1. The van der Waals surface area contributed by atoms with Crippen molar-refractivity contribution in [3.05, 3.63) is 76.3 Å². The van der Waals surface area contributed by atoms with Crippen LogP contribution in [0.15, 0.2) is 64.6 Å². The first-order valence-electron chi connectivity index (χ1n) is 8.73. The van der Waals surface area contributed by atoms with Crippen LogP contribution in [0.3, 0.4) is 0 Å². The van der Waals surface area contributed by atoms with Crippen molar-refractivity contribution in [1.82, 2.24) is 10.4 Å². The highest BCUT2D eigenvalue weighted by Gasteiger charge is 2.20. The Morgan fingerprint density at radius 1 is 1.03 bits per heavy atom. The Hall–Kier alpha value is -3.04. The zero-order valence-electron chi connectivity index (χ0n) is 16.1. The minimum atomic E-state index is -3.78. The highest BCUT2D eigenvalue weighted by Crippen LogP contribution is 2.25. The summed E-state index contributed by atoms with van der Waals surface area (Å²) in [4.78, 5) is 17.0. The van der Waals surface area contributed by atoms with Crippen molar-refractivity contribution in [2.75, 3.05) is 4.72 Å². The van der Waals surface area contributed by atoms with Gasteiger partial charge in [-0.3, -0.25) is 9.52 Å². The van der Waals surface area contributed by atoms with E-state index in [2.05, 4.69) is 20.2 Å². The second kappa shape index (κ2) is 8.54. The average Bonchev–Trinajstić information content (AvgIpc) is 3.06. The molecule has 0 atom stereocenters. The zero-order chi connectivity index (χ0) is 21.0. The van der Waals surface area contributed by atoms with Gasteiger partial charge in [0.25, 0.3) is 15.9 Å². The number of amides is 1. The summed E-state index contributed by atoms with van der Waals surface area (Å²) in [7, 11) is -3.78. The fourth-order valence-electron chi connectivity index (χ4n) is 2.47. The molecule has 9 heteroatoms. The molecule has 150 valence electrons. The van der Waals surface area contributed by atoms with Gasteiger partial charge in [-0.05, 0) is 38.5 Å². The monoisotopic (exact) mass is 428 g/mol. The van der Waals surface area contributed by atoms with Gasteiger partial charge in [0.2, 0.25) is 0 Å². The van der Waals surface area contributed by atoms with Crippen molar-refractivity contribution >= 4 is 38.1 Å². The normalized spacial score (nSPS) is 11.9.